The second kappa shape index (κ2) is 7.23. The molecule has 1 aromatic rings. The molecule has 1 aliphatic heterocycles. The third-order valence-corrected chi connectivity index (χ3v) is 4.21. The quantitative estimate of drug-likeness (QED) is 0.923. The first-order valence-electron chi connectivity index (χ1n) is 7.49. The van der Waals surface area contributed by atoms with Crippen LogP contribution in [-0.2, 0) is 0 Å². The lowest BCUT2D eigenvalue weighted by molar-refractivity contribution is 0.0672. The van der Waals surface area contributed by atoms with Crippen molar-refractivity contribution in [2.45, 2.75) is 45.2 Å². The van der Waals surface area contributed by atoms with Gasteiger partial charge < -0.3 is 10.2 Å². The molecule has 1 saturated heterocycles. The maximum atomic E-state index is 14.0. The number of hydrogen-bond donors (Lipinski definition) is 1. The predicted molar refractivity (Wildman–Crippen MR) is 83.2 cm³/mol. The molecular weight excluding hydrogens is 291 g/mol. The number of rotatable bonds is 4. The van der Waals surface area contributed by atoms with E-state index in [4.69, 9.17) is 11.6 Å². The molecule has 21 heavy (non-hydrogen) atoms. The highest BCUT2D eigenvalue weighted by molar-refractivity contribution is 6.33. The first-order chi connectivity index (χ1) is 10.0. The minimum Gasteiger partial charge on any atom is -0.335 e. The number of carbonyl (C=O) groups excluding carboxylic acids is 1. The van der Waals surface area contributed by atoms with Gasteiger partial charge in [0.05, 0.1) is 10.6 Å². The summed E-state index contributed by atoms with van der Waals surface area (Å²) in [6.45, 7) is 5.44. The Balaban J connectivity index is 2.19. The van der Waals surface area contributed by atoms with Crippen LogP contribution in [0, 0.1) is 5.82 Å². The minimum absolute atomic E-state index is 0.00287. The van der Waals surface area contributed by atoms with Gasteiger partial charge >= 0.3 is 0 Å². The van der Waals surface area contributed by atoms with Crippen LogP contribution in [0.5, 0.6) is 0 Å². The Bertz CT molecular complexity index is 481. The van der Waals surface area contributed by atoms with Crippen LogP contribution in [-0.4, -0.2) is 36.0 Å². The second-order valence-corrected chi connectivity index (χ2v) is 6.20. The van der Waals surface area contributed by atoms with Gasteiger partial charge in [0.15, 0.2) is 0 Å². The molecule has 5 heteroatoms. The number of benzene rings is 1. The van der Waals surface area contributed by atoms with Gasteiger partial charge in [0.2, 0.25) is 0 Å². The molecule has 0 saturated carbocycles. The maximum Gasteiger partial charge on any atom is 0.258 e. The highest BCUT2D eigenvalue weighted by atomic mass is 35.5. The molecule has 1 N–H and O–H groups in total. The van der Waals surface area contributed by atoms with E-state index in [1.165, 1.54) is 18.6 Å². The van der Waals surface area contributed by atoms with Gasteiger partial charge in [-0.05, 0) is 45.4 Å². The van der Waals surface area contributed by atoms with Crippen LogP contribution in [0.15, 0.2) is 18.2 Å². The molecule has 3 nitrogen and oxygen atoms in total. The number of hydrogen-bond acceptors (Lipinski definition) is 2. The summed E-state index contributed by atoms with van der Waals surface area (Å²) in [5.41, 5.74) is -0.0244. The summed E-state index contributed by atoms with van der Waals surface area (Å²) in [5.74, 6) is -0.893. The molecule has 1 heterocycles. The van der Waals surface area contributed by atoms with Crippen molar-refractivity contribution < 1.29 is 9.18 Å². The summed E-state index contributed by atoms with van der Waals surface area (Å²) in [6, 6.07) is 4.61. The van der Waals surface area contributed by atoms with Crippen LogP contribution < -0.4 is 5.32 Å². The molecule has 116 valence electrons. The Hall–Kier alpha value is -1.13. The van der Waals surface area contributed by atoms with Gasteiger partial charge in [-0.15, -0.1) is 0 Å². The average molecular weight is 313 g/mol. The number of piperidine rings is 1. The molecular formula is C16H22ClFN2O. The van der Waals surface area contributed by atoms with Crippen LogP contribution in [0.1, 0.15) is 43.5 Å². The van der Waals surface area contributed by atoms with E-state index < -0.39 is 5.82 Å². The third kappa shape index (κ3) is 3.95. The first-order valence-corrected chi connectivity index (χ1v) is 7.87. The molecule has 0 spiro atoms. The van der Waals surface area contributed by atoms with Crippen molar-refractivity contribution in [1.29, 1.82) is 0 Å². The van der Waals surface area contributed by atoms with Crippen molar-refractivity contribution in [3.63, 3.8) is 0 Å². The number of carbonyl (C=O) groups is 1. The van der Waals surface area contributed by atoms with E-state index in [1.54, 1.807) is 11.0 Å². The van der Waals surface area contributed by atoms with E-state index in [1.807, 2.05) is 13.8 Å². The lowest BCUT2D eigenvalue weighted by Crippen LogP contribution is -2.48. The first kappa shape index (κ1) is 16.2. The molecule has 1 unspecified atom stereocenters. The van der Waals surface area contributed by atoms with E-state index in [2.05, 4.69) is 5.32 Å². The van der Waals surface area contributed by atoms with E-state index in [0.29, 0.717) is 6.54 Å². The molecule has 1 amide bonds. The topological polar surface area (TPSA) is 32.3 Å². The zero-order chi connectivity index (χ0) is 15.4. The molecule has 1 aliphatic rings. The highest BCUT2D eigenvalue weighted by Crippen LogP contribution is 2.22. The smallest absolute Gasteiger partial charge is 0.258 e. The predicted octanol–water partition coefficient (Wildman–Crippen LogP) is 3.47. The normalized spacial score (nSPS) is 18.8. The summed E-state index contributed by atoms with van der Waals surface area (Å²) < 4.78 is 14.0. The average Bonchev–Trinajstić information content (AvgIpc) is 2.45. The van der Waals surface area contributed by atoms with Crippen molar-refractivity contribution in [2.24, 2.45) is 0 Å². The Kier molecular flexibility index (Phi) is 5.59. The second-order valence-electron chi connectivity index (χ2n) is 5.79. The zero-order valence-electron chi connectivity index (χ0n) is 12.5. The van der Waals surface area contributed by atoms with E-state index in [9.17, 15) is 9.18 Å². The van der Waals surface area contributed by atoms with Gasteiger partial charge in [0, 0.05) is 18.6 Å². The highest BCUT2D eigenvalue weighted by Gasteiger charge is 2.27. The molecule has 0 radical (unpaired) electrons. The van der Waals surface area contributed by atoms with Crippen LogP contribution in [0.2, 0.25) is 5.02 Å². The fourth-order valence-corrected chi connectivity index (χ4v) is 2.94. The van der Waals surface area contributed by atoms with Crippen LogP contribution >= 0.6 is 11.6 Å². The summed E-state index contributed by atoms with van der Waals surface area (Å²) in [4.78, 5) is 14.4. The van der Waals surface area contributed by atoms with Gasteiger partial charge in [-0.25, -0.2) is 4.39 Å². The van der Waals surface area contributed by atoms with Crippen molar-refractivity contribution >= 4 is 17.5 Å². The lowest BCUT2D eigenvalue weighted by Gasteiger charge is -2.33. The fourth-order valence-electron chi connectivity index (χ4n) is 2.69. The SMILES string of the molecule is CC(C)N(CC1CCCCN1)C(=O)c1c(F)cccc1Cl. The zero-order valence-corrected chi connectivity index (χ0v) is 13.3. The molecule has 1 atom stereocenters. The molecule has 0 aromatic heterocycles. The maximum absolute atomic E-state index is 14.0. The van der Waals surface area contributed by atoms with Crippen LogP contribution in [0.3, 0.4) is 0 Å². The van der Waals surface area contributed by atoms with E-state index in [0.717, 1.165) is 19.4 Å². The minimum atomic E-state index is -0.560. The Morgan fingerprint density at radius 1 is 1.48 bits per heavy atom. The summed E-state index contributed by atoms with van der Waals surface area (Å²) in [5, 5.41) is 3.59. The fraction of sp³-hybridized carbons (Fsp3) is 0.562. The van der Waals surface area contributed by atoms with Gasteiger partial charge in [0.25, 0.3) is 5.91 Å². The molecule has 1 aromatic carbocycles. The van der Waals surface area contributed by atoms with Crippen molar-refractivity contribution in [3.05, 3.63) is 34.6 Å². The Morgan fingerprint density at radius 2 is 2.24 bits per heavy atom. The van der Waals surface area contributed by atoms with Crippen molar-refractivity contribution in [2.75, 3.05) is 13.1 Å². The van der Waals surface area contributed by atoms with Crippen LogP contribution in [0.4, 0.5) is 4.39 Å². The summed E-state index contributed by atoms with van der Waals surface area (Å²) in [6.07, 6.45) is 3.38. The third-order valence-electron chi connectivity index (χ3n) is 3.89. The van der Waals surface area contributed by atoms with Crippen molar-refractivity contribution in [3.8, 4) is 0 Å². The summed E-state index contributed by atoms with van der Waals surface area (Å²) >= 11 is 6.01. The van der Waals surface area contributed by atoms with Crippen molar-refractivity contribution in [1.82, 2.24) is 10.2 Å². The number of nitrogens with one attached hydrogen (secondary N) is 1. The molecule has 1 fully saturated rings. The van der Waals surface area contributed by atoms with Gasteiger partial charge in [-0.3, -0.25) is 4.79 Å². The molecule has 0 aliphatic carbocycles. The standard InChI is InChI=1S/C16H22ClFN2O/c1-11(2)20(10-12-6-3-4-9-19-12)16(21)15-13(17)7-5-8-14(15)18/h5,7-8,11-12,19H,3-4,6,9-10H2,1-2H3. The Morgan fingerprint density at radius 3 is 2.81 bits per heavy atom. The number of amides is 1. The van der Waals surface area contributed by atoms with E-state index in [-0.39, 0.29) is 28.6 Å². The van der Waals surface area contributed by atoms with Gasteiger partial charge in [-0.1, -0.05) is 24.1 Å². The van der Waals surface area contributed by atoms with Gasteiger partial charge in [-0.2, -0.15) is 0 Å². The monoisotopic (exact) mass is 312 g/mol. The number of halogens is 2. The summed E-state index contributed by atoms with van der Waals surface area (Å²) in [7, 11) is 0. The van der Waals surface area contributed by atoms with E-state index >= 15 is 0 Å². The Labute approximate surface area is 130 Å². The largest absolute Gasteiger partial charge is 0.335 e. The lowest BCUT2D eigenvalue weighted by atomic mass is 10.0. The molecule has 0 bridgehead atoms. The van der Waals surface area contributed by atoms with Gasteiger partial charge in [0.1, 0.15) is 5.82 Å². The number of nitrogens with zero attached hydrogens (tertiary/aromatic N) is 1. The van der Waals surface area contributed by atoms with Crippen LogP contribution in [0.25, 0.3) is 0 Å². The molecule has 2 rings (SSSR count).